The second kappa shape index (κ2) is 16.9. The number of carbonyl (C=O) groups excluding carboxylic acids is 4. The Morgan fingerprint density at radius 2 is 1.16 bits per heavy atom. The summed E-state index contributed by atoms with van der Waals surface area (Å²) in [7, 11) is 2.46. The van der Waals surface area contributed by atoms with E-state index in [1.165, 1.54) is 39.2 Å². The third-order valence-electron chi connectivity index (χ3n) is 14.2. The molecule has 0 bridgehead atoms. The molecule has 6 N–H and O–H groups in total. The maximum absolute atomic E-state index is 14.1. The van der Waals surface area contributed by atoms with E-state index in [4.69, 9.17) is 19.4 Å². The molecule has 0 radical (unpaired) electrons. The van der Waals surface area contributed by atoms with Crippen LogP contribution in [0.1, 0.15) is 100 Å². The molecule has 0 unspecified atom stereocenters. The van der Waals surface area contributed by atoms with Gasteiger partial charge in [-0.3, -0.25) is 9.59 Å². The summed E-state index contributed by atoms with van der Waals surface area (Å²) in [6, 6.07) is 10.0. The third kappa shape index (κ3) is 7.50. The standard InChI is InChI=1S/C46H56N8O8/c1-23(55)39(51-45(59)61-3)43(57)53-35-9-5-7-29(35)19-37(53)41-47-21-33(49-41)27-15-16-31-26(17-27)13-11-25-12-14-28(18-32(25)31)34-22-48-42(50-34)38-20-30-8-6-10-36(30)54(38)44(58)40(24(2)56)52-46(60)62-4/h12,14-18,21-24,29-30,35-40,55-56H,5-11,13,19-20H2,1-4H3,(H,47,49)(H,48,50)(H,51,59)(H,52,60)/t23-,24-,29+,30+,35+,36+,37+,38+,39+,40+/m1/s1. The number of aliphatic hydroxyl groups excluding tert-OH is 2. The van der Waals surface area contributed by atoms with Crippen LogP contribution in [0, 0.1) is 11.8 Å². The molecular weight excluding hydrogens is 793 g/mol. The van der Waals surface area contributed by atoms with Crippen molar-refractivity contribution in [3.05, 3.63) is 71.6 Å². The summed E-state index contributed by atoms with van der Waals surface area (Å²) in [4.78, 5) is 72.8. The lowest BCUT2D eigenvalue weighted by molar-refractivity contribution is -0.140. The van der Waals surface area contributed by atoms with Gasteiger partial charge in [-0.2, -0.15) is 0 Å². The number of hydrogen-bond acceptors (Lipinski definition) is 10. The summed E-state index contributed by atoms with van der Waals surface area (Å²) in [5.41, 5.74) is 8.43. The van der Waals surface area contributed by atoms with Crippen molar-refractivity contribution in [1.82, 2.24) is 40.4 Å². The average Bonchev–Trinajstić information content (AvgIpc) is 4.13. The highest BCUT2D eigenvalue weighted by atomic mass is 16.5. The highest BCUT2D eigenvalue weighted by Crippen LogP contribution is 2.49. The van der Waals surface area contributed by atoms with Crippen LogP contribution in [0.2, 0.25) is 0 Å². The number of aliphatic hydroxyl groups is 2. The van der Waals surface area contributed by atoms with E-state index in [2.05, 4.69) is 57.0 Å². The molecule has 4 heterocycles. The van der Waals surface area contributed by atoms with Gasteiger partial charge in [-0.1, -0.05) is 37.1 Å². The Labute approximate surface area is 360 Å². The van der Waals surface area contributed by atoms with Gasteiger partial charge in [0.2, 0.25) is 11.8 Å². The van der Waals surface area contributed by atoms with Crippen LogP contribution in [-0.4, -0.2) is 115 Å². The van der Waals surface area contributed by atoms with Crippen molar-refractivity contribution in [2.24, 2.45) is 11.8 Å². The van der Waals surface area contributed by atoms with Crippen molar-refractivity contribution < 1.29 is 38.9 Å². The van der Waals surface area contributed by atoms with E-state index >= 15 is 0 Å². The number of rotatable bonds is 10. The molecule has 2 aromatic carbocycles. The molecule has 16 heteroatoms. The first kappa shape index (κ1) is 41.6. The lowest BCUT2D eigenvalue weighted by Crippen LogP contribution is -2.55. The number of likely N-dealkylation sites (tertiary alicyclic amines) is 2. The SMILES string of the molecule is COC(=O)N[C@H](C(=O)N1[C@H](c2ncc(-c3ccc4c(c3)CCc3ccc(-c5cnc([C@@H]6C[C@@H]7CCC[C@@H]7N6C(=O)[C@@H](NC(=O)OC)[C@@H](C)O)[nH]5)cc3-4)[nH]2)C[C@@H]2CCC[C@@H]21)[C@@H](C)O. The van der Waals surface area contributed by atoms with Gasteiger partial charge in [-0.05, 0) is 117 Å². The van der Waals surface area contributed by atoms with E-state index < -0.39 is 36.5 Å². The number of carbonyl (C=O) groups is 4. The molecule has 10 atom stereocenters. The van der Waals surface area contributed by atoms with Crippen molar-refractivity contribution in [2.75, 3.05) is 14.2 Å². The van der Waals surface area contributed by atoms with Crippen molar-refractivity contribution >= 4 is 24.0 Å². The summed E-state index contributed by atoms with van der Waals surface area (Å²) >= 11 is 0. The number of aromatic amines is 2. The van der Waals surface area contributed by atoms with E-state index in [9.17, 15) is 29.4 Å². The molecule has 2 saturated carbocycles. The predicted molar refractivity (Wildman–Crippen MR) is 227 cm³/mol. The number of alkyl carbamates (subject to hydrolysis) is 2. The van der Waals surface area contributed by atoms with Gasteiger partial charge in [-0.25, -0.2) is 19.6 Å². The fraction of sp³-hybridized carbons (Fsp3) is 0.522. The van der Waals surface area contributed by atoms with Crippen LogP contribution in [0.25, 0.3) is 33.6 Å². The van der Waals surface area contributed by atoms with Crippen LogP contribution in [0.4, 0.5) is 9.59 Å². The maximum Gasteiger partial charge on any atom is 0.407 e. The van der Waals surface area contributed by atoms with Crippen LogP contribution in [0.5, 0.6) is 0 Å². The quantitative estimate of drug-likeness (QED) is 0.121. The highest BCUT2D eigenvalue weighted by Gasteiger charge is 2.51. The summed E-state index contributed by atoms with van der Waals surface area (Å²) < 4.78 is 9.52. The number of H-pyrrole nitrogens is 2. The van der Waals surface area contributed by atoms with Gasteiger partial charge >= 0.3 is 12.2 Å². The van der Waals surface area contributed by atoms with E-state index in [0.717, 1.165) is 97.8 Å². The number of aromatic nitrogens is 4. The van der Waals surface area contributed by atoms with E-state index in [1.807, 2.05) is 22.2 Å². The largest absolute Gasteiger partial charge is 0.453 e. The topological polar surface area (TPSA) is 215 Å². The smallest absolute Gasteiger partial charge is 0.407 e. The molecule has 2 aromatic heterocycles. The number of ether oxygens (including phenoxy) is 2. The molecule has 4 aromatic rings. The Hall–Kier alpha value is -5.74. The summed E-state index contributed by atoms with van der Waals surface area (Å²) in [5, 5.41) is 26.2. The highest BCUT2D eigenvalue weighted by molar-refractivity contribution is 5.88. The Kier molecular flexibility index (Phi) is 11.3. The summed E-state index contributed by atoms with van der Waals surface area (Å²) in [6.45, 7) is 2.99. The fourth-order valence-electron chi connectivity index (χ4n) is 11.2. The van der Waals surface area contributed by atoms with E-state index in [1.54, 1.807) is 0 Å². The zero-order chi connectivity index (χ0) is 43.4. The van der Waals surface area contributed by atoms with E-state index in [0.29, 0.717) is 23.5 Å². The van der Waals surface area contributed by atoms with Gasteiger partial charge in [0, 0.05) is 17.6 Å². The van der Waals surface area contributed by atoms with Gasteiger partial charge < -0.3 is 50.1 Å². The Morgan fingerprint density at radius 1 is 0.677 bits per heavy atom. The van der Waals surface area contributed by atoms with Crippen LogP contribution in [-0.2, 0) is 31.9 Å². The first-order valence-corrected chi connectivity index (χ1v) is 22.0. The molecular formula is C46H56N8O8. The zero-order valence-electron chi connectivity index (χ0n) is 35.6. The Balaban J connectivity index is 0.952. The second-order valence-electron chi connectivity index (χ2n) is 17.8. The van der Waals surface area contributed by atoms with Gasteiger partial charge in [0.1, 0.15) is 23.7 Å². The molecule has 5 aliphatic rings. The lowest BCUT2D eigenvalue weighted by atomic mass is 9.83. The van der Waals surface area contributed by atoms with Gasteiger partial charge in [-0.15, -0.1) is 0 Å². The Bertz CT molecular complexity index is 2360. The Morgan fingerprint density at radius 3 is 1.66 bits per heavy atom. The normalized spacial score (nSPS) is 25.5. The average molecular weight is 849 g/mol. The molecule has 16 nitrogen and oxygen atoms in total. The van der Waals surface area contributed by atoms with Crippen molar-refractivity contribution in [3.8, 4) is 33.6 Å². The second-order valence-corrected chi connectivity index (χ2v) is 17.8. The number of methoxy groups -OCH3 is 2. The molecule has 4 amide bonds. The first-order chi connectivity index (χ1) is 29.9. The molecule has 3 aliphatic carbocycles. The minimum atomic E-state index is -1.14. The number of hydrogen-bond donors (Lipinski definition) is 6. The number of nitrogens with zero attached hydrogens (tertiary/aromatic N) is 4. The number of fused-ring (bicyclic) bond motifs is 5. The van der Waals surface area contributed by atoms with Crippen LogP contribution in [0.3, 0.4) is 0 Å². The third-order valence-corrected chi connectivity index (χ3v) is 14.2. The van der Waals surface area contributed by atoms with Gasteiger partial charge in [0.25, 0.3) is 0 Å². The number of imidazole rings is 2. The van der Waals surface area contributed by atoms with Crippen molar-refractivity contribution in [3.63, 3.8) is 0 Å². The number of amides is 4. The lowest BCUT2D eigenvalue weighted by Gasteiger charge is -2.33. The number of nitrogens with one attached hydrogen (secondary N) is 4. The van der Waals surface area contributed by atoms with Gasteiger partial charge in [0.15, 0.2) is 0 Å². The minimum Gasteiger partial charge on any atom is -0.453 e. The molecule has 2 aliphatic heterocycles. The molecule has 2 saturated heterocycles. The first-order valence-electron chi connectivity index (χ1n) is 22.0. The molecule has 328 valence electrons. The number of aryl methyl sites for hydroxylation is 2. The molecule has 0 spiro atoms. The summed E-state index contributed by atoms with van der Waals surface area (Å²) in [6.07, 6.45) is 8.94. The zero-order valence-corrected chi connectivity index (χ0v) is 35.6. The van der Waals surface area contributed by atoms with Crippen LogP contribution < -0.4 is 10.6 Å². The van der Waals surface area contributed by atoms with Crippen molar-refractivity contribution in [2.45, 2.75) is 127 Å². The van der Waals surface area contributed by atoms with Crippen LogP contribution in [0.15, 0.2) is 48.8 Å². The molecule has 62 heavy (non-hydrogen) atoms. The number of benzene rings is 2. The fourth-order valence-corrected chi connectivity index (χ4v) is 11.2. The minimum absolute atomic E-state index is 0.00641. The van der Waals surface area contributed by atoms with Gasteiger partial charge in [0.05, 0.1) is 62.3 Å². The van der Waals surface area contributed by atoms with Crippen molar-refractivity contribution in [1.29, 1.82) is 0 Å². The molecule has 4 fully saturated rings. The van der Waals surface area contributed by atoms with E-state index in [-0.39, 0.29) is 36.0 Å². The van der Waals surface area contributed by atoms with Crippen LogP contribution >= 0.6 is 0 Å². The summed E-state index contributed by atoms with van der Waals surface area (Å²) in [5.74, 6) is 1.32. The molecule has 9 rings (SSSR count). The maximum atomic E-state index is 14.1. The monoisotopic (exact) mass is 848 g/mol. The predicted octanol–water partition coefficient (Wildman–Crippen LogP) is 5.33.